The van der Waals surface area contributed by atoms with Gasteiger partial charge in [-0.15, -0.1) is 0 Å². The van der Waals surface area contributed by atoms with Crippen LogP contribution >= 0.6 is 0 Å². The first-order valence-electron chi connectivity index (χ1n) is 4.54. The fourth-order valence-corrected chi connectivity index (χ4v) is 1.30. The molecular weight excluding hydrogens is 212 g/mol. The molecule has 0 aliphatic carbocycles. The fraction of sp³-hybridized carbons (Fsp3) is 0.200. The summed E-state index contributed by atoms with van der Waals surface area (Å²) in [6.45, 7) is 0. The number of rotatable bonds is 4. The molecule has 1 aromatic carbocycles. The van der Waals surface area contributed by atoms with Gasteiger partial charge in [0.2, 0.25) is 0 Å². The molecule has 0 bridgehead atoms. The van der Waals surface area contributed by atoms with Crippen molar-refractivity contribution in [2.75, 3.05) is 0 Å². The molecule has 0 aliphatic heterocycles. The van der Waals surface area contributed by atoms with Crippen LogP contribution in [0.3, 0.4) is 0 Å². The number of nitrogens with one attached hydrogen (secondary N) is 1. The molecule has 86 valence electrons. The van der Waals surface area contributed by atoms with Gasteiger partial charge in [0.05, 0.1) is 6.04 Å². The molecule has 0 aromatic heterocycles. The van der Waals surface area contributed by atoms with E-state index >= 15 is 0 Å². The highest BCUT2D eigenvalue weighted by atomic mass is 16.4. The smallest absolute Gasteiger partial charge is 0.335 e. The van der Waals surface area contributed by atoms with E-state index in [0.29, 0.717) is 5.56 Å². The fourth-order valence-electron chi connectivity index (χ4n) is 1.30. The lowest BCUT2D eigenvalue weighted by molar-refractivity contribution is -0.148. The van der Waals surface area contributed by atoms with E-state index < -0.39 is 24.1 Å². The van der Waals surface area contributed by atoms with Crippen LogP contribution in [-0.2, 0) is 4.79 Å². The second-order valence-electron chi connectivity index (χ2n) is 3.18. The third-order valence-corrected chi connectivity index (χ3v) is 2.03. The van der Waals surface area contributed by atoms with Crippen molar-refractivity contribution in [2.24, 2.45) is 5.73 Å². The Hall–Kier alpha value is -2.08. The summed E-state index contributed by atoms with van der Waals surface area (Å²) in [5, 5.41) is 20.3. The van der Waals surface area contributed by atoms with Crippen molar-refractivity contribution in [1.82, 2.24) is 5.32 Å². The van der Waals surface area contributed by atoms with E-state index in [4.69, 9.17) is 10.8 Å². The Kier molecular flexibility index (Phi) is 3.84. The van der Waals surface area contributed by atoms with Crippen LogP contribution in [0.1, 0.15) is 11.6 Å². The number of carboxylic acids is 1. The van der Waals surface area contributed by atoms with E-state index in [2.05, 4.69) is 5.32 Å². The number of benzene rings is 1. The Morgan fingerprint density at radius 1 is 1.25 bits per heavy atom. The number of aliphatic hydroxyl groups excluding tert-OH is 1. The number of hydrogen-bond acceptors (Lipinski definition) is 3. The molecule has 0 fully saturated rings. The average molecular weight is 224 g/mol. The van der Waals surface area contributed by atoms with Gasteiger partial charge in [0.1, 0.15) is 0 Å². The third kappa shape index (κ3) is 2.96. The summed E-state index contributed by atoms with van der Waals surface area (Å²) in [6, 6.07) is 6.29. The van der Waals surface area contributed by atoms with Gasteiger partial charge in [0.25, 0.3) is 0 Å². The van der Waals surface area contributed by atoms with Crippen LogP contribution in [-0.4, -0.2) is 28.3 Å². The number of nitrogens with two attached hydrogens (primary N) is 1. The van der Waals surface area contributed by atoms with Gasteiger partial charge in [-0.1, -0.05) is 30.3 Å². The predicted molar refractivity (Wildman–Crippen MR) is 55.5 cm³/mol. The lowest BCUT2D eigenvalue weighted by Crippen LogP contribution is -2.42. The first-order valence-corrected chi connectivity index (χ1v) is 4.54. The number of urea groups is 1. The molecule has 16 heavy (non-hydrogen) atoms. The normalized spacial score (nSPS) is 13.8. The molecule has 0 radical (unpaired) electrons. The van der Waals surface area contributed by atoms with Crippen molar-refractivity contribution in [2.45, 2.75) is 12.1 Å². The van der Waals surface area contributed by atoms with Crippen LogP contribution in [0.25, 0.3) is 0 Å². The van der Waals surface area contributed by atoms with E-state index in [1.54, 1.807) is 30.3 Å². The Balaban J connectivity index is 2.96. The number of aliphatic carboxylic acids is 1. The number of hydrogen-bond donors (Lipinski definition) is 4. The van der Waals surface area contributed by atoms with Gasteiger partial charge in [-0.05, 0) is 5.56 Å². The Labute approximate surface area is 91.7 Å². The van der Waals surface area contributed by atoms with Crippen molar-refractivity contribution in [3.05, 3.63) is 35.9 Å². The van der Waals surface area contributed by atoms with Crippen molar-refractivity contribution >= 4 is 12.0 Å². The van der Waals surface area contributed by atoms with Crippen LogP contribution in [0.5, 0.6) is 0 Å². The van der Waals surface area contributed by atoms with E-state index in [0.717, 1.165) is 0 Å². The summed E-state index contributed by atoms with van der Waals surface area (Å²) >= 11 is 0. The molecule has 6 heteroatoms. The molecule has 0 saturated carbocycles. The first-order chi connectivity index (χ1) is 7.52. The number of carboxylic acid groups (broad SMARTS) is 1. The molecule has 1 rings (SSSR count). The molecule has 0 heterocycles. The zero-order valence-electron chi connectivity index (χ0n) is 8.33. The molecule has 2 unspecified atom stereocenters. The van der Waals surface area contributed by atoms with Crippen LogP contribution in [0.15, 0.2) is 30.3 Å². The summed E-state index contributed by atoms with van der Waals surface area (Å²) in [5.74, 6) is -1.43. The van der Waals surface area contributed by atoms with Gasteiger partial charge >= 0.3 is 12.0 Å². The quantitative estimate of drug-likeness (QED) is 0.569. The Bertz CT molecular complexity index is 380. The molecule has 0 spiro atoms. The molecule has 0 saturated heterocycles. The van der Waals surface area contributed by atoms with Crippen molar-refractivity contribution in [3.8, 4) is 0 Å². The lowest BCUT2D eigenvalue weighted by atomic mass is 10.0. The van der Waals surface area contributed by atoms with Crippen molar-refractivity contribution < 1.29 is 19.8 Å². The maximum absolute atomic E-state index is 10.7. The summed E-state index contributed by atoms with van der Waals surface area (Å²) in [6.07, 6.45) is -1.74. The molecule has 5 N–H and O–H groups in total. The number of carbonyl (C=O) groups is 2. The number of aliphatic hydroxyl groups is 1. The minimum absolute atomic E-state index is 0.469. The SMILES string of the molecule is NC(=O)NC(c1ccccc1)C(O)C(=O)O. The number of carbonyl (C=O) groups excluding carboxylic acids is 1. The molecule has 6 nitrogen and oxygen atoms in total. The molecule has 2 atom stereocenters. The zero-order chi connectivity index (χ0) is 12.1. The van der Waals surface area contributed by atoms with E-state index in [1.165, 1.54) is 0 Å². The van der Waals surface area contributed by atoms with Crippen molar-refractivity contribution in [1.29, 1.82) is 0 Å². The monoisotopic (exact) mass is 224 g/mol. The second-order valence-corrected chi connectivity index (χ2v) is 3.18. The zero-order valence-corrected chi connectivity index (χ0v) is 8.33. The number of primary amides is 1. The van der Waals surface area contributed by atoms with Crippen LogP contribution in [0.2, 0.25) is 0 Å². The predicted octanol–water partition coefficient (Wildman–Crippen LogP) is -0.159. The van der Waals surface area contributed by atoms with Gasteiger partial charge < -0.3 is 21.3 Å². The van der Waals surface area contributed by atoms with E-state index in [9.17, 15) is 14.7 Å². The van der Waals surface area contributed by atoms with E-state index in [-0.39, 0.29) is 0 Å². The van der Waals surface area contributed by atoms with Gasteiger partial charge in [-0.25, -0.2) is 9.59 Å². The summed E-state index contributed by atoms with van der Waals surface area (Å²) < 4.78 is 0. The second kappa shape index (κ2) is 5.13. The maximum atomic E-state index is 10.7. The minimum Gasteiger partial charge on any atom is -0.479 e. The van der Waals surface area contributed by atoms with Crippen molar-refractivity contribution in [3.63, 3.8) is 0 Å². The molecule has 2 amide bonds. The van der Waals surface area contributed by atoms with Gasteiger partial charge in [0.15, 0.2) is 6.10 Å². The largest absolute Gasteiger partial charge is 0.479 e. The van der Waals surface area contributed by atoms with Crippen LogP contribution < -0.4 is 11.1 Å². The summed E-state index contributed by atoms with van der Waals surface area (Å²) in [7, 11) is 0. The third-order valence-electron chi connectivity index (χ3n) is 2.03. The first kappa shape index (κ1) is 12.0. The number of amides is 2. The highest BCUT2D eigenvalue weighted by Gasteiger charge is 2.27. The minimum atomic E-state index is -1.74. The van der Waals surface area contributed by atoms with Crippen LogP contribution in [0, 0.1) is 0 Å². The van der Waals surface area contributed by atoms with Crippen LogP contribution in [0.4, 0.5) is 4.79 Å². The highest BCUT2D eigenvalue weighted by molar-refractivity contribution is 5.77. The highest BCUT2D eigenvalue weighted by Crippen LogP contribution is 2.16. The van der Waals surface area contributed by atoms with Gasteiger partial charge in [-0.3, -0.25) is 0 Å². The Morgan fingerprint density at radius 3 is 2.25 bits per heavy atom. The molecule has 0 aliphatic rings. The maximum Gasteiger partial charge on any atom is 0.335 e. The van der Waals surface area contributed by atoms with Gasteiger partial charge in [-0.2, -0.15) is 0 Å². The molecule has 1 aromatic rings. The lowest BCUT2D eigenvalue weighted by Gasteiger charge is -2.20. The van der Waals surface area contributed by atoms with E-state index in [1.807, 2.05) is 0 Å². The molecular formula is C10H12N2O4. The summed E-state index contributed by atoms with van der Waals surface area (Å²) in [5.41, 5.74) is 5.38. The van der Waals surface area contributed by atoms with Gasteiger partial charge in [0, 0.05) is 0 Å². The average Bonchev–Trinajstić information content (AvgIpc) is 2.26. The topological polar surface area (TPSA) is 113 Å². The summed E-state index contributed by atoms with van der Waals surface area (Å²) in [4.78, 5) is 21.4. The standard InChI is InChI=1S/C10H12N2O4/c11-10(16)12-7(8(13)9(14)15)6-4-2-1-3-5-6/h1-5,7-8,13H,(H,14,15)(H3,11,12,16). The Morgan fingerprint density at radius 2 is 1.81 bits per heavy atom.